The Kier molecular flexibility index (Phi) is 6.11. The number of aromatic nitrogens is 1. The Labute approximate surface area is 166 Å². The first-order valence-corrected chi connectivity index (χ1v) is 9.27. The van der Waals surface area contributed by atoms with E-state index in [1.807, 2.05) is 35.7 Å². The van der Waals surface area contributed by atoms with E-state index in [1.54, 1.807) is 32.4 Å². The van der Waals surface area contributed by atoms with Crippen LogP contribution in [0.2, 0.25) is 5.02 Å². The van der Waals surface area contributed by atoms with Gasteiger partial charge in [-0.25, -0.2) is 4.98 Å². The number of anilines is 1. The van der Waals surface area contributed by atoms with Crippen LogP contribution >= 0.6 is 22.9 Å². The first-order valence-electron chi connectivity index (χ1n) is 8.01. The fourth-order valence-electron chi connectivity index (χ4n) is 2.40. The molecule has 0 spiro atoms. The normalized spacial score (nSPS) is 10.8. The quantitative estimate of drug-likeness (QED) is 0.582. The number of halogens is 1. The Hall–Kier alpha value is -2.83. The Bertz CT molecular complexity index is 985. The van der Waals surface area contributed by atoms with Crippen LogP contribution in [0.1, 0.15) is 5.56 Å². The van der Waals surface area contributed by atoms with Gasteiger partial charge < -0.3 is 9.47 Å². The number of carbonyl (C=O) groups is 1. The molecule has 1 amide bonds. The number of hydrogen-bond donors (Lipinski definition) is 1. The van der Waals surface area contributed by atoms with Gasteiger partial charge in [-0.1, -0.05) is 23.7 Å². The van der Waals surface area contributed by atoms with Gasteiger partial charge in [-0.3, -0.25) is 10.1 Å². The van der Waals surface area contributed by atoms with Gasteiger partial charge in [0, 0.05) is 22.0 Å². The second-order valence-electron chi connectivity index (χ2n) is 5.48. The Morgan fingerprint density at radius 1 is 1.19 bits per heavy atom. The molecular weight excluding hydrogens is 384 g/mol. The van der Waals surface area contributed by atoms with E-state index in [0.717, 1.165) is 11.1 Å². The van der Waals surface area contributed by atoms with Gasteiger partial charge in [0.2, 0.25) is 5.91 Å². The monoisotopic (exact) mass is 400 g/mol. The smallest absolute Gasteiger partial charge is 0.250 e. The average Bonchev–Trinajstić information content (AvgIpc) is 3.14. The number of nitrogens with one attached hydrogen (secondary N) is 1. The highest BCUT2D eigenvalue weighted by atomic mass is 35.5. The first-order chi connectivity index (χ1) is 13.1. The molecule has 0 saturated heterocycles. The highest BCUT2D eigenvalue weighted by Gasteiger charge is 2.12. The molecule has 0 atom stereocenters. The highest BCUT2D eigenvalue weighted by Crippen LogP contribution is 2.35. The summed E-state index contributed by atoms with van der Waals surface area (Å²) in [4.78, 5) is 16.6. The Balaban J connectivity index is 1.73. The Morgan fingerprint density at radius 2 is 2.04 bits per heavy atom. The predicted molar refractivity (Wildman–Crippen MR) is 110 cm³/mol. The van der Waals surface area contributed by atoms with Crippen molar-refractivity contribution in [1.29, 1.82) is 0 Å². The third-order valence-corrected chi connectivity index (χ3v) is 4.69. The van der Waals surface area contributed by atoms with Gasteiger partial charge in [-0.2, -0.15) is 0 Å². The molecule has 0 bridgehead atoms. The number of benzene rings is 2. The fraction of sp³-hybridized carbons (Fsp3) is 0.100. The topological polar surface area (TPSA) is 60.5 Å². The molecule has 3 rings (SSSR count). The summed E-state index contributed by atoms with van der Waals surface area (Å²) in [6.45, 7) is 0. The molecule has 0 aliphatic heterocycles. The molecule has 138 valence electrons. The van der Waals surface area contributed by atoms with Crippen LogP contribution in [0.25, 0.3) is 17.3 Å². The van der Waals surface area contributed by atoms with Crippen LogP contribution in [0.3, 0.4) is 0 Å². The average molecular weight is 401 g/mol. The molecule has 0 aliphatic rings. The van der Waals surface area contributed by atoms with Crippen LogP contribution in [0.15, 0.2) is 53.9 Å². The van der Waals surface area contributed by atoms with Crippen LogP contribution in [0.5, 0.6) is 11.5 Å². The molecular formula is C20H17ClN2O3S. The maximum Gasteiger partial charge on any atom is 0.250 e. The summed E-state index contributed by atoms with van der Waals surface area (Å²) in [5.74, 6) is 1.11. The van der Waals surface area contributed by atoms with Crippen molar-refractivity contribution in [2.24, 2.45) is 0 Å². The molecule has 1 aromatic heterocycles. The number of ether oxygens (including phenoxy) is 2. The second kappa shape index (κ2) is 8.70. The number of carbonyl (C=O) groups excluding carboxylic acids is 1. The number of nitrogens with zero attached hydrogens (tertiary/aromatic N) is 1. The summed E-state index contributed by atoms with van der Waals surface area (Å²) in [6.07, 6.45) is 3.14. The van der Waals surface area contributed by atoms with Crippen molar-refractivity contribution < 1.29 is 14.3 Å². The van der Waals surface area contributed by atoms with Crippen LogP contribution in [-0.2, 0) is 4.79 Å². The number of methoxy groups -OCH3 is 2. The SMILES string of the molecule is COc1ccc(OC)c(-c2csc(NC(=O)/C=C/c3cccc(Cl)c3)n2)c1. The molecule has 2 aromatic carbocycles. The van der Waals surface area contributed by atoms with Gasteiger partial charge in [0.1, 0.15) is 11.5 Å². The van der Waals surface area contributed by atoms with Crippen molar-refractivity contribution in [1.82, 2.24) is 4.98 Å². The zero-order valence-electron chi connectivity index (χ0n) is 14.7. The summed E-state index contributed by atoms with van der Waals surface area (Å²) in [6, 6.07) is 12.7. The zero-order valence-corrected chi connectivity index (χ0v) is 16.3. The fourth-order valence-corrected chi connectivity index (χ4v) is 3.31. The van der Waals surface area contributed by atoms with Crippen molar-refractivity contribution in [2.45, 2.75) is 0 Å². The lowest BCUT2D eigenvalue weighted by atomic mass is 10.1. The van der Waals surface area contributed by atoms with Gasteiger partial charge in [-0.15, -0.1) is 11.3 Å². The van der Waals surface area contributed by atoms with Gasteiger partial charge >= 0.3 is 0 Å². The lowest BCUT2D eigenvalue weighted by molar-refractivity contribution is -0.111. The molecule has 0 radical (unpaired) electrons. The van der Waals surface area contributed by atoms with Crippen LogP contribution < -0.4 is 14.8 Å². The van der Waals surface area contributed by atoms with E-state index in [4.69, 9.17) is 21.1 Å². The number of thiazole rings is 1. The minimum atomic E-state index is -0.270. The molecule has 3 aromatic rings. The minimum absolute atomic E-state index is 0.270. The maximum atomic E-state index is 12.1. The van der Waals surface area contributed by atoms with Gasteiger partial charge in [-0.05, 0) is 42.0 Å². The number of hydrogen-bond acceptors (Lipinski definition) is 5. The first kappa shape index (κ1) is 18.9. The molecule has 1 N–H and O–H groups in total. The number of rotatable bonds is 6. The van der Waals surface area contributed by atoms with Gasteiger partial charge in [0.15, 0.2) is 5.13 Å². The van der Waals surface area contributed by atoms with Crippen molar-refractivity contribution in [2.75, 3.05) is 19.5 Å². The summed E-state index contributed by atoms with van der Waals surface area (Å²) in [5.41, 5.74) is 2.34. The standard InChI is InChI=1S/C20H17ClN2O3S/c1-25-15-7-8-18(26-2)16(11-15)17-12-27-20(22-17)23-19(24)9-6-13-4-3-5-14(21)10-13/h3-12H,1-2H3,(H,22,23,24)/b9-6+. The minimum Gasteiger partial charge on any atom is -0.497 e. The number of amides is 1. The van der Waals surface area contributed by atoms with Crippen LogP contribution in [0.4, 0.5) is 5.13 Å². The van der Waals surface area contributed by atoms with Crippen molar-refractivity contribution in [3.8, 4) is 22.8 Å². The summed E-state index contributed by atoms with van der Waals surface area (Å²) in [7, 11) is 3.20. The van der Waals surface area contributed by atoms with E-state index < -0.39 is 0 Å². The molecule has 7 heteroatoms. The Morgan fingerprint density at radius 3 is 2.78 bits per heavy atom. The molecule has 0 unspecified atom stereocenters. The molecule has 0 fully saturated rings. The lowest BCUT2D eigenvalue weighted by Crippen LogP contribution is -2.07. The summed E-state index contributed by atoms with van der Waals surface area (Å²) in [5, 5.41) is 5.73. The zero-order chi connectivity index (χ0) is 19.2. The van der Waals surface area contributed by atoms with Crippen molar-refractivity contribution in [3.63, 3.8) is 0 Å². The summed E-state index contributed by atoms with van der Waals surface area (Å²) < 4.78 is 10.6. The third kappa shape index (κ3) is 4.87. The van der Waals surface area contributed by atoms with E-state index in [0.29, 0.717) is 27.3 Å². The van der Waals surface area contributed by atoms with E-state index in [-0.39, 0.29) is 5.91 Å². The largest absolute Gasteiger partial charge is 0.497 e. The molecule has 27 heavy (non-hydrogen) atoms. The van der Waals surface area contributed by atoms with Crippen LogP contribution in [0, 0.1) is 0 Å². The van der Waals surface area contributed by atoms with E-state index >= 15 is 0 Å². The van der Waals surface area contributed by atoms with Crippen molar-refractivity contribution in [3.05, 3.63) is 64.5 Å². The van der Waals surface area contributed by atoms with E-state index in [2.05, 4.69) is 10.3 Å². The van der Waals surface area contributed by atoms with Crippen LogP contribution in [-0.4, -0.2) is 25.1 Å². The van der Waals surface area contributed by atoms with E-state index in [1.165, 1.54) is 17.4 Å². The van der Waals surface area contributed by atoms with E-state index in [9.17, 15) is 4.79 Å². The maximum absolute atomic E-state index is 12.1. The highest BCUT2D eigenvalue weighted by molar-refractivity contribution is 7.14. The third-order valence-electron chi connectivity index (χ3n) is 3.69. The predicted octanol–water partition coefficient (Wildman–Crippen LogP) is 5.13. The second-order valence-corrected chi connectivity index (χ2v) is 6.78. The van der Waals surface area contributed by atoms with Gasteiger partial charge in [0.05, 0.1) is 19.9 Å². The molecule has 0 aliphatic carbocycles. The molecule has 0 saturated carbocycles. The molecule has 5 nitrogen and oxygen atoms in total. The van der Waals surface area contributed by atoms with Crippen molar-refractivity contribution >= 4 is 40.1 Å². The summed E-state index contributed by atoms with van der Waals surface area (Å²) >= 11 is 7.27. The lowest BCUT2D eigenvalue weighted by Gasteiger charge is -2.08. The molecule has 1 heterocycles. The van der Waals surface area contributed by atoms with Gasteiger partial charge in [0.25, 0.3) is 0 Å².